The highest BCUT2D eigenvalue weighted by atomic mass is 35.5. The molecule has 0 amide bonds. The first-order valence-corrected chi connectivity index (χ1v) is 7.96. The third-order valence-corrected chi connectivity index (χ3v) is 3.65. The summed E-state index contributed by atoms with van der Waals surface area (Å²) in [6.07, 6.45) is 7.01. The molecule has 4 nitrogen and oxygen atoms in total. The summed E-state index contributed by atoms with van der Waals surface area (Å²) in [7, 11) is 0. The van der Waals surface area contributed by atoms with Gasteiger partial charge in [0.2, 0.25) is 5.28 Å². The lowest BCUT2D eigenvalue weighted by Gasteiger charge is -2.00. The van der Waals surface area contributed by atoms with E-state index >= 15 is 0 Å². The van der Waals surface area contributed by atoms with Gasteiger partial charge in [-0.15, -0.1) is 0 Å². The van der Waals surface area contributed by atoms with Gasteiger partial charge in [-0.05, 0) is 54.1 Å². The first-order chi connectivity index (χ1) is 12.1. The van der Waals surface area contributed by atoms with E-state index in [-0.39, 0.29) is 16.8 Å². The smallest absolute Gasteiger partial charge is 0.223 e. The Kier molecular flexibility index (Phi) is 5.11. The minimum absolute atomic E-state index is 0.122. The third-order valence-electron chi connectivity index (χ3n) is 3.48. The van der Waals surface area contributed by atoms with Crippen LogP contribution in [0.5, 0.6) is 11.5 Å². The van der Waals surface area contributed by atoms with E-state index in [2.05, 4.69) is 9.97 Å². The van der Waals surface area contributed by atoms with E-state index in [0.717, 1.165) is 0 Å². The standard InChI is InChI=1S/C20H15ClN2O2/c21-20-22-16(11-9-14-5-1-3-7-18(14)24)13-17(23-20)12-10-15-6-2-4-8-19(15)25/h1-13,24-25H/b11-9+,12-10+. The molecular formula is C20H15ClN2O2. The molecule has 1 aromatic heterocycles. The van der Waals surface area contributed by atoms with Crippen molar-refractivity contribution in [3.8, 4) is 11.5 Å². The molecule has 0 aliphatic rings. The zero-order valence-electron chi connectivity index (χ0n) is 13.2. The van der Waals surface area contributed by atoms with Crippen LogP contribution in [0.15, 0.2) is 54.6 Å². The van der Waals surface area contributed by atoms with Crippen molar-refractivity contribution in [3.05, 3.63) is 82.4 Å². The van der Waals surface area contributed by atoms with E-state index in [1.165, 1.54) is 0 Å². The maximum absolute atomic E-state index is 9.79. The lowest BCUT2D eigenvalue weighted by Crippen LogP contribution is -1.90. The molecule has 5 heteroatoms. The van der Waals surface area contributed by atoms with Crippen molar-refractivity contribution in [2.45, 2.75) is 0 Å². The number of benzene rings is 2. The molecule has 0 aliphatic heterocycles. The molecule has 2 aromatic carbocycles. The van der Waals surface area contributed by atoms with E-state index in [4.69, 9.17) is 11.6 Å². The van der Waals surface area contributed by atoms with E-state index in [1.54, 1.807) is 66.8 Å². The van der Waals surface area contributed by atoms with Crippen molar-refractivity contribution in [2.75, 3.05) is 0 Å². The number of aromatic hydroxyl groups is 2. The molecule has 3 rings (SSSR count). The molecule has 3 aromatic rings. The molecule has 0 saturated carbocycles. The molecule has 0 radical (unpaired) electrons. The van der Waals surface area contributed by atoms with Crippen LogP contribution in [0.2, 0.25) is 5.28 Å². The average molecular weight is 351 g/mol. The second kappa shape index (κ2) is 7.64. The minimum Gasteiger partial charge on any atom is -0.507 e. The monoisotopic (exact) mass is 350 g/mol. The SMILES string of the molecule is Oc1ccccc1/C=C/c1cc(/C=C/c2ccccc2O)nc(Cl)n1. The summed E-state index contributed by atoms with van der Waals surface area (Å²) < 4.78 is 0. The lowest BCUT2D eigenvalue weighted by atomic mass is 10.1. The highest BCUT2D eigenvalue weighted by Gasteiger charge is 2.01. The van der Waals surface area contributed by atoms with Gasteiger partial charge in [0, 0.05) is 11.1 Å². The Balaban J connectivity index is 1.86. The Morgan fingerprint density at radius 1 is 0.680 bits per heavy atom. The summed E-state index contributed by atoms with van der Waals surface area (Å²) in [5.74, 6) is 0.386. The summed E-state index contributed by atoms with van der Waals surface area (Å²) in [5, 5.41) is 19.7. The molecule has 0 saturated heterocycles. The molecule has 0 fully saturated rings. The fraction of sp³-hybridized carbons (Fsp3) is 0. The molecule has 0 aliphatic carbocycles. The number of aromatic nitrogens is 2. The summed E-state index contributed by atoms with van der Waals surface area (Å²) in [5.41, 5.74) is 2.59. The van der Waals surface area contributed by atoms with Crippen molar-refractivity contribution in [1.82, 2.24) is 9.97 Å². The van der Waals surface area contributed by atoms with E-state index in [1.807, 2.05) is 12.1 Å². The molecule has 124 valence electrons. The fourth-order valence-electron chi connectivity index (χ4n) is 2.23. The molecule has 0 spiro atoms. The van der Waals surface area contributed by atoms with E-state index < -0.39 is 0 Å². The molecular weight excluding hydrogens is 336 g/mol. The van der Waals surface area contributed by atoms with Crippen LogP contribution < -0.4 is 0 Å². The van der Waals surface area contributed by atoms with Crippen LogP contribution in [0, 0.1) is 0 Å². The second-order valence-electron chi connectivity index (χ2n) is 5.27. The summed E-state index contributed by atoms with van der Waals surface area (Å²) in [6.45, 7) is 0. The predicted octanol–water partition coefficient (Wildman–Crippen LogP) is 4.88. The Morgan fingerprint density at radius 3 is 1.56 bits per heavy atom. The number of phenolic OH excluding ortho intramolecular Hbond substituents is 2. The van der Waals surface area contributed by atoms with Crippen LogP contribution in [0.1, 0.15) is 22.5 Å². The molecule has 25 heavy (non-hydrogen) atoms. The van der Waals surface area contributed by atoms with Gasteiger partial charge in [-0.25, -0.2) is 9.97 Å². The van der Waals surface area contributed by atoms with E-state index in [0.29, 0.717) is 22.5 Å². The van der Waals surface area contributed by atoms with Crippen LogP contribution in [0.3, 0.4) is 0 Å². The second-order valence-corrected chi connectivity index (χ2v) is 5.61. The largest absolute Gasteiger partial charge is 0.507 e. The highest BCUT2D eigenvalue weighted by molar-refractivity contribution is 6.28. The Hall–Kier alpha value is -3.11. The number of halogens is 1. The zero-order chi connectivity index (χ0) is 17.6. The predicted molar refractivity (Wildman–Crippen MR) is 101 cm³/mol. The lowest BCUT2D eigenvalue weighted by molar-refractivity contribution is 0.473. The van der Waals surface area contributed by atoms with Gasteiger partial charge in [0.05, 0.1) is 11.4 Å². The van der Waals surface area contributed by atoms with E-state index in [9.17, 15) is 10.2 Å². The number of para-hydroxylation sites is 2. The summed E-state index contributed by atoms with van der Waals surface area (Å²) >= 11 is 5.99. The maximum atomic E-state index is 9.79. The number of rotatable bonds is 4. The van der Waals surface area contributed by atoms with Crippen LogP contribution in [0.4, 0.5) is 0 Å². The highest BCUT2D eigenvalue weighted by Crippen LogP contribution is 2.20. The molecule has 1 heterocycles. The van der Waals surface area contributed by atoms with Crippen LogP contribution in [0.25, 0.3) is 24.3 Å². The molecule has 0 bridgehead atoms. The number of phenols is 2. The fourth-order valence-corrected chi connectivity index (χ4v) is 2.43. The van der Waals surface area contributed by atoms with Crippen LogP contribution in [-0.2, 0) is 0 Å². The van der Waals surface area contributed by atoms with Crippen molar-refractivity contribution in [3.63, 3.8) is 0 Å². The van der Waals surface area contributed by atoms with Crippen molar-refractivity contribution >= 4 is 35.9 Å². The van der Waals surface area contributed by atoms with Crippen LogP contribution >= 0.6 is 11.6 Å². The number of nitrogens with zero attached hydrogens (tertiary/aromatic N) is 2. The topological polar surface area (TPSA) is 66.2 Å². The van der Waals surface area contributed by atoms with Gasteiger partial charge >= 0.3 is 0 Å². The molecule has 0 atom stereocenters. The Morgan fingerprint density at radius 2 is 1.12 bits per heavy atom. The van der Waals surface area contributed by atoms with Gasteiger partial charge < -0.3 is 10.2 Å². The molecule has 0 unspecified atom stereocenters. The van der Waals surface area contributed by atoms with Gasteiger partial charge in [0.15, 0.2) is 0 Å². The van der Waals surface area contributed by atoms with Gasteiger partial charge in [-0.3, -0.25) is 0 Å². The van der Waals surface area contributed by atoms with Crippen LogP contribution in [-0.4, -0.2) is 20.2 Å². The van der Waals surface area contributed by atoms with Gasteiger partial charge in [-0.1, -0.05) is 36.4 Å². The summed E-state index contributed by atoms with van der Waals surface area (Å²) in [6, 6.07) is 15.8. The maximum Gasteiger partial charge on any atom is 0.223 e. The first kappa shape index (κ1) is 16.7. The first-order valence-electron chi connectivity index (χ1n) is 7.58. The van der Waals surface area contributed by atoms with Gasteiger partial charge in [0.1, 0.15) is 11.5 Å². The van der Waals surface area contributed by atoms with Gasteiger partial charge in [-0.2, -0.15) is 0 Å². The number of hydrogen-bond donors (Lipinski definition) is 2. The third kappa shape index (κ3) is 4.46. The average Bonchev–Trinajstić information content (AvgIpc) is 2.60. The molecule has 2 N–H and O–H groups in total. The zero-order valence-corrected chi connectivity index (χ0v) is 13.9. The Labute approximate surface area is 150 Å². The van der Waals surface area contributed by atoms with Crippen molar-refractivity contribution in [1.29, 1.82) is 0 Å². The quantitative estimate of drug-likeness (QED) is 0.658. The normalized spacial score (nSPS) is 11.4. The Bertz CT molecular complexity index is 878. The number of hydrogen-bond acceptors (Lipinski definition) is 4. The summed E-state index contributed by atoms with van der Waals surface area (Å²) in [4.78, 5) is 8.31. The van der Waals surface area contributed by atoms with Crippen molar-refractivity contribution in [2.24, 2.45) is 0 Å². The van der Waals surface area contributed by atoms with Crippen molar-refractivity contribution < 1.29 is 10.2 Å². The minimum atomic E-state index is 0.122. The van der Waals surface area contributed by atoms with Gasteiger partial charge in [0.25, 0.3) is 0 Å².